The topological polar surface area (TPSA) is 92.5 Å². The molecular weight excluding hydrogens is 366 g/mol. The van der Waals surface area contributed by atoms with Crippen LogP contribution in [0.5, 0.6) is 0 Å². The van der Waals surface area contributed by atoms with Gasteiger partial charge < -0.3 is 16.0 Å². The van der Waals surface area contributed by atoms with Crippen LogP contribution in [0.4, 0.5) is 5.69 Å². The number of halogens is 1. The van der Waals surface area contributed by atoms with E-state index in [1.807, 2.05) is 0 Å². The van der Waals surface area contributed by atoms with Gasteiger partial charge in [0, 0.05) is 30.3 Å². The van der Waals surface area contributed by atoms with Gasteiger partial charge in [0.05, 0.1) is 10.6 Å². The number of primary amides is 1. The number of anilines is 1. The van der Waals surface area contributed by atoms with Crippen LogP contribution < -0.4 is 11.1 Å². The van der Waals surface area contributed by atoms with E-state index in [4.69, 9.17) is 17.3 Å². The molecule has 0 spiro atoms. The minimum Gasteiger partial charge on any atom is -0.366 e. The van der Waals surface area contributed by atoms with E-state index in [9.17, 15) is 14.4 Å². The summed E-state index contributed by atoms with van der Waals surface area (Å²) < 4.78 is 0. The van der Waals surface area contributed by atoms with Gasteiger partial charge >= 0.3 is 0 Å². The zero-order valence-corrected chi connectivity index (χ0v) is 15.4. The molecule has 1 aliphatic heterocycles. The summed E-state index contributed by atoms with van der Waals surface area (Å²) in [6.07, 6.45) is 1.17. The van der Waals surface area contributed by atoms with Crippen molar-refractivity contribution >= 4 is 35.0 Å². The summed E-state index contributed by atoms with van der Waals surface area (Å²) >= 11 is 6.10. The number of benzene rings is 2. The van der Waals surface area contributed by atoms with Gasteiger partial charge in [-0.2, -0.15) is 0 Å². The average Bonchev–Trinajstić information content (AvgIpc) is 2.68. The van der Waals surface area contributed by atoms with Crippen molar-refractivity contribution in [1.29, 1.82) is 0 Å². The molecular formula is C20H20ClN3O3. The molecule has 3 N–H and O–H groups in total. The number of carbonyl (C=O) groups excluding carboxylic acids is 3. The lowest BCUT2D eigenvalue weighted by Crippen LogP contribution is -2.41. The Hall–Kier alpha value is -2.86. The molecule has 0 radical (unpaired) electrons. The Balaban J connectivity index is 1.55. The van der Waals surface area contributed by atoms with Crippen molar-refractivity contribution in [1.82, 2.24) is 4.90 Å². The molecule has 0 unspecified atom stereocenters. The van der Waals surface area contributed by atoms with E-state index in [0.29, 0.717) is 47.8 Å². The van der Waals surface area contributed by atoms with Gasteiger partial charge in [-0.05, 0) is 49.2 Å². The largest absolute Gasteiger partial charge is 0.366 e. The molecule has 1 aliphatic rings. The van der Waals surface area contributed by atoms with Crippen LogP contribution in [-0.4, -0.2) is 35.7 Å². The number of piperidine rings is 1. The van der Waals surface area contributed by atoms with Crippen LogP contribution in [0.3, 0.4) is 0 Å². The quantitative estimate of drug-likeness (QED) is 0.847. The van der Waals surface area contributed by atoms with Crippen molar-refractivity contribution in [3.63, 3.8) is 0 Å². The maximum atomic E-state index is 12.6. The van der Waals surface area contributed by atoms with E-state index in [1.54, 1.807) is 53.4 Å². The van der Waals surface area contributed by atoms with Crippen molar-refractivity contribution < 1.29 is 14.4 Å². The monoisotopic (exact) mass is 385 g/mol. The van der Waals surface area contributed by atoms with Gasteiger partial charge in [0.2, 0.25) is 11.8 Å². The SMILES string of the molecule is NC(=O)c1ccc(NC(=O)C2CCN(C(=O)c3ccccc3Cl)CC2)cc1. The van der Waals surface area contributed by atoms with Crippen molar-refractivity contribution in [3.8, 4) is 0 Å². The molecule has 0 saturated carbocycles. The Kier molecular flexibility index (Phi) is 5.76. The first-order valence-electron chi connectivity index (χ1n) is 8.70. The van der Waals surface area contributed by atoms with E-state index >= 15 is 0 Å². The summed E-state index contributed by atoms with van der Waals surface area (Å²) in [5.41, 5.74) is 6.69. The lowest BCUT2D eigenvalue weighted by atomic mass is 9.95. The summed E-state index contributed by atoms with van der Waals surface area (Å²) in [5.74, 6) is -0.882. The van der Waals surface area contributed by atoms with Crippen LogP contribution in [0.2, 0.25) is 5.02 Å². The maximum Gasteiger partial charge on any atom is 0.255 e. The molecule has 3 rings (SSSR count). The Bertz CT molecular complexity index is 859. The second-order valence-electron chi connectivity index (χ2n) is 6.48. The second kappa shape index (κ2) is 8.22. The molecule has 1 saturated heterocycles. The number of hydrogen-bond acceptors (Lipinski definition) is 3. The smallest absolute Gasteiger partial charge is 0.255 e. The molecule has 3 amide bonds. The molecule has 2 aromatic rings. The van der Waals surface area contributed by atoms with Crippen LogP contribution in [0.1, 0.15) is 33.6 Å². The molecule has 0 bridgehead atoms. The van der Waals surface area contributed by atoms with Crippen molar-refractivity contribution in [2.45, 2.75) is 12.8 Å². The third-order valence-electron chi connectivity index (χ3n) is 4.69. The highest BCUT2D eigenvalue weighted by atomic mass is 35.5. The molecule has 2 aromatic carbocycles. The molecule has 1 heterocycles. The van der Waals surface area contributed by atoms with Crippen LogP contribution in [-0.2, 0) is 4.79 Å². The van der Waals surface area contributed by atoms with Crippen LogP contribution >= 0.6 is 11.6 Å². The van der Waals surface area contributed by atoms with Gasteiger partial charge in [-0.3, -0.25) is 14.4 Å². The molecule has 0 aliphatic carbocycles. The molecule has 1 fully saturated rings. The summed E-state index contributed by atoms with van der Waals surface area (Å²) in [6, 6.07) is 13.4. The van der Waals surface area contributed by atoms with Gasteiger partial charge in [-0.15, -0.1) is 0 Å². The Morgan fingerprint density at radius 3 is 2.22 bits per heavy atom. The molecule has 0 aromatic heterocycles. The Morgan fingerprint density at radius 2 is 1.63 bits per heavy atom. The summed E-state index contributed by atoms with van der Waals surface area (Å²) in [4.78, 5) is 37.9. The molecule has 140 valence electrons. The van der Waals surface area contributed by atoms with Gasteiger partial charge in [0.25, 0.3) is 5.91 Å². The van der Waals surface area contributed by atoms with E-state index in [0.717, 1.165) is 0 Å². The summed E-state index contributed by atoms with van der Waals surface area (Å²) in [7, 11) is 0. The number of hydrogen-bond donors (Lipinski definition) is 2. The Labute approximate surface area is 162 Å². The number of rotatable bonds is 4. The van der Waals surface area contributed by atoms with Gasteiger partial charge in [-0.25, -0.2) is 0 Å². The first-order valence-corrected chi connectivity index (χ1v) is 9.08. The minimum atomic E-state index is -0.511. The second-order valence-corrected chi connectivity index (χ2v) is 6.88. The highest BCUT2D eigenvalue weighted by molar-refractivity contribution is 6.33. The fraction of sp³-hybridized carbons (Fsp3) is 0.250. The summed E-state index contributed by atoms with van der Waals surface area (Å²) in [5, 5.41) is 3.28. The predicted octanol–water partition coefficient (Wildman–Crippen LogP) is 2.93. The standard InChI is InChI=1S/C20H20ClN3O3/c21-17-4-2-1-3-16(17)20(27)24-11-9-14(10-12-24)19(26)23-15-7-5-13(6-8-15)18(22)25/h1-8,14H,9-12H2,(H2,22,25)(H,23,26). The van der Waals surface area contributed by atoms with E-state index in [1.165, 1.54) is 0 Å². The highest BCUT2D eigenvalue weighted by Crippen LogP contribution is 2.23. The zero-order chi connectivity index (χ0) is 19.4. The number of amides is 3. The summed E-state index contributed by atoms with van der Waals surface area (Å²) in [6.45, 7) is 1.01. The zero-order valence-electron chi connectivity index (χ0n) is 14.7. The van der Waals surface area contributed by atoms with E-state index in [2.05, 4.69) is 5.32 Å². The number of nitrogens with zero attached hydrogens (tertiary/aromatic N) is 1. The van der Waals surface area contributed by atoms with Gasteiger partial charge in [0.1, 0.15) is 0 Å². The van der Waals surface area contributed by atoms with Gasteiger partial charge in [0.15, 0.2) is 0 Å². The lowest BCUT2D eigenvalue weighted by molar-refractivity contribution is -0.121. The van der Waals surface area contributed by atoms with Crippen LogP contribution in [0.15, 0.2) is 48.5 Å². The fourth-order valence-electron chi connectivity index (χ4n) is 3.11. The first-order chi connectivity index (χ1) is 13.0. The first kappa shape index (κ1) is 18.9. The third-order valence-corrected chi connectivity index (χ3v) is 5.02. The van der Waals surface area contributed by atoms with Crippen LogP contribution in [0, 0.1) is 5.92 Å². The average molecular weight is 386 g/mol. The predicted molar refractivity (Wildman–Crippen MR) is 104 cm³/mol. The number of carbonyl (C=O) groups is 3. The lowest BCUT2D eigenvalue weighted by Gasteiger charge is -2.31. The molecule has 27 heavy (non-hydrogen) atoms. The highest BCUT2D eigenvalue weighted by Gasteiger charge is 2.28. The van der Waals surface area contributed by atoms with Crippen molar-refractivity contribution in [2.24, 2.45) is 11.7 Å². The van der Waals surface area contributed by atoms with E-state index in [-0.39, 0.29) is 17.7 Å². The molecule has 0 atom stereocenters. The van der Waals surface area contributed by atoms with Crippen molar-refractivity contribution in [2.75, 3.05) is 18.4 Å². The fourth-order valence-corrected chi connectivity index (χ4v) is 3.33. The molecule has 6 nitrogen and oxygen atoms in total. The van der Waals surface area contributed by atoms with E-state index < -0.39 is 5.91 Å². The third kappa shape index (κ3) is 4.46. The maximum absolute atomic E-state index is 12.6. The van der Waals surface area contributed by atoms with Crippen LogP contribution in [0.25, 0.3) is 0 Å². The minimum absolute atomic E-state index is 0.0910. The normalized spacial score (nSPS) is 14.6. The number of likely N-dealkylation sites (tertiary alicyclic amines) is 1. The molecule has 7 heteroatoms. The van der Waals surface area contributed by atoms with Gasteiger partial charge in [-0.1, -0.05) is 23.7 Å². The Morgan fingerprint density at radius 1 is 1.00 bits per heavy atom. The number of nitrogens with two attached hydrogens (primary N) is 1. The number of nitrogens with one attached hydrogen (secondary N) is 1. The van der Waals surface area contributed by atoms with Crippen molar-refractivity contribution in [3.05, 3.63) is 64.7 Å².